The Morgan fingerprint density at radius 2 is 1.58 bits per heavy atom. The van der Waals surface area contributed by atoms with Crippen molar-refractivity contribution in [1.29, 1.82) is 0 Å². The summed E-state index contributed by atoms with van der Waals surface area (Å²) in [5.41, 5.74) is 2.78. The topological polar surface area (TPSA) is 41.1 Å². The van der Waals surface area contributed by atoms with Gasteiger partial charge in [0.05, 0.1) is 0 Å². The van der Waals surface area contributed by atoms with Gasteiger partial charge >= 0.3 is 0 Å². The minimum atomic E-state index is -0.228. The van der Waals surface area contributed by atoms with E-state index in [4.69, 9.17) is 0 Å². The molecule has 128 valence electrons. The smallest absolute Gasteiger partial charge is 0.224 e. The van der Waals surface area contributed by atoms with E-state index in [0.29, 0.717) is 13.0 Å². The van der Waals surface area contributed by atoms with E-state index in [1.165, 1.54) is 25.0 Å². The molecule has 0 heterocycles. The predicted molar refractivity (Wildman–Crippen MR) is 97.6 cm³/mol. The molecule has 2 aromatic carbocycles. The number of hydrogen-bond donors (Lipinski definition) is 2. The summed E-state index contributed by atoms with van der Waals surface area (Å²) in [5, 5.41) is 6.19. The van der Waals surface area contributed by atoms with Crippen molar-refractivity contribution in [2.75, 3.05) is 10.6 Å². The monoisotopic (exact) mass is 328 g/mol. The summed E-state index contributed by atoms with van der Waals surface area (Å²) in [5.74, 6) is -0.160. The third kappa shape index (κ3) is 6.41. The Balaban J connectivity index is 1.75. The third-order valence-electron chi connectivity index (χ3n) is 3.84. The van der Waals surface area contributed by atoms with Crippen LogP contribution in [0.15, 0.2) is 48.5 Å². The molecule has 0 radical (unpaired) electrons. The van der Waals surface area contributed by atoms with Gasteiger partial charge in [0.1, 0.15) is 5.82 Å². The van der Waals surface area contributed by atoms with Gasteiger partial charge in [0.2, 0.25) is 5.91 Å². The van der Waals surface area contributed by atoms with E-state index in [9.17, 15) is 9.18 Å². The summed E-state index contributed by atoms with van der Waals surface area (Å²) >= 11 is 0. The fourth-order valence-corrected chi connectivity index (χ4v) is 2.41. The Bertz CT molecular complexity index is 623. The molecule has 2 aromatic rings. The van der Waals surface area contributed by atoms with Crippen molar-refractivity contribution < 1.29 is 9.18 Å². The molecule has 0 aliphatic carbocycles. The molecule has 2 N–H and O–H groups in total. The summed E-state index contributed by atoms with van der Waals surface area (Å²) in [7, 11) is 0. The average Bonchev–Trinajstić information content (AvgIpc) is 2.59. The van der Waals surface area contributed by atoms with Crippen molar-refractivity contribution in [3.63, 3.8) is 0 Å². The predicted octanol–water partition coefficient (Wildman–Crippen LogP) is 5.35. The van der Waals surface area contributed by atoms with Crippen molar-refractivity contribution in [1.82, 2.24) is 0 Å². The van der Waals surface area contributed by atoms with Gasteiger partial charge in [-0.1, -0.05) is 38.3 Å². The first-order valence-corrected chi connectivity index (χ1v) is 8.55. The van der Waals surface area contributed by atoms with Gasteiger partial charge in [0.25, 0.3) is 0 Å². The number of halogens is 1. The van der Waals surface area contributed by atoms with Crippen LogP contribution in [0.2, 0.25) is 0 Å². The number of amides is 1. The van der Waals surface area contributed by atoms with E-state index < -0.39 is 0 Å². The molecule has 0 spiro atoms. The van der Waals surface area contributed by atoms with Gasteiger partial charge in [-0.3, -0.25) is 4.79 Å². The van der Waals surface area contributed by atoms with E-state index in [2.05, 4.69) is 17.6 Å². The molecule has 2 rings (SSSR count). The average molecular weight is 328 g/mol. The van der Waals surface area contributed by atoms with Crippen molar-refractivity contribution in [3.05, 3.63) is 59.9 Å². The third-order valence-corrected chi connectivity index (χ3v) is 3.84. The summed E-state index contributed by atoms with van der Waals surface area (Å²) < 4.78 is 12.9. The number of rotatable bonds is 9. The van der Waals surface area contributed by atoms with Gasteiger partial charge in [0.15, 0.2) is 0 Å². The minimum Gasteiger partial charge on any atom is -0.381 e. The Labute approximate surface area is 143 Å². The maximum atomic E-state index is 12.9. The fourth-order valence-electron chi connectivity index (χ4n) is 2.41. The fraction of sp³-hybridized carbons (Fsp3) is 0.350. The quantitative estimate of drug-likeness (QED) is 0.609. The van der Waals surface area contributed by atoms with E-state index in [0.717, 1.165) is 29.8 Å². The summed E-state index contributed by atoms with van der Waals surface area (Å²) in [6.45, 7) is 2.79. The van der Waals surface area contributed by atoms with Crippen LogP contribution < -0.4 is 10.6 Å². The Morgan fingerprint density at radius 1 is 0.917 bits per heavy atom. The first kappa shape index (κ1) is 18.0. The number of carbonyl (C=O) groups excluding carboxylic acids is 1. The number of nitrogens with one attached hydrogen (secondary N) is 2. The van der Waals surface area contributed by atoms with Gasteiger partial charge in [-0.05, 0) is 48.4 Å². The number of unbranched alkanes of at least 4 members (excludes halogenated alkanes) is 3. The molecule has 0 aliphatic rings. The maximum absolute atomic E-state index is 12.9. The van der Waals surface area contributed by atoms with Gasteiger partial charge in [-0.15, -0.1) is 0 Å². The second-order valence-electron chi connectivity index (χ2n) is 5.92. The highest BCUT2D eigenvalue weighted by molar-refractivity contribution is 5.90. The minimum absolute atomic E-state index is 0.0677. The molecule has 0 aromatic heterocycles. The molecule has 3 nitrogen and oxygen atoms in total. The zero-order valence-corrected chi connectivity index (χ0v) is 14.1. The van der Waals surface area contributed by atoms with Crippen LogP contribution >= 0.6 is 0 Å². The standard InChI is InChI=1S/C20H25FN2O/c1-2-3-4-5-6-20(24)23-19-13-11-18(12-14-19)22-15-16-7-9-17(21)10-8-16/h7-14,22H,2-6,15H2,1H3,(H,23,24). The van der Waals surface area contributed by atoms with Crippen LogP contribution in [0.5, 0.6) is 0 Å². The summed E-state index contributed by atoms with van der Waals surface area (Å²) in [6, 6.07) is 14.1. The lowest BCUT2D eigenvalue weighted by molar-refractivity contribution is -0.116. The Hall–Kier alpha value is -2.36. The van der Waals surface area contributed by atoms with Crippen molar-refractivity contribution in [2.45, 2.75) is 45.6 Å². The second-order valence-corrected chi connectivity index (χ2v) is 5.92. The van der Waals surface area contributed by atoms with Crippen LogP contribution in [0, 0.1) is 5.82 Å². The SMILES string of the molecule is CCCCCCC(=O)Nc1ccc(NCc2ccc(F)cc2)cc1. The van der Waals surface area contributed by atoms with Gasteiger partial charge < -0.3 is 10.6 Å². The van der Waals surface area contributed by atoms with Crippen LogP contribution in [0.25, 0.3) is 0 Å². The van der Waals surface area contributed by atoms with Crippen molar-refractivity contribution >= 4 is 17.3 Å². The molecular formula is C20H25FN2O. The van der Waals surface area contributed by atoms with E-state index in [1.807, 2.05) is 24.3 Å². The van der Waals surface area contributed by atoms with Gasteiger partial charge in [0, 0.05) is 24.3 Å². The molecule has 0 saturated heterocycles. The Morgan fingerprint density at radius 3 is 2.25 bits per heavy atom. The molecule has 0 unspecified atom stereocenters. The molecule has 0 fully saturated rings. The van der Waals surface area contributed by atoms with Gasteiger partial charge in [-0.25, -0.2) is 4.39 Å². The lowest BCUT2D eigenvalue weighted by atomic mass is 10.1. The van der Waals surface area contributed by atoms with Crippen molar-refractivity contribution in [3.8, 4) is 0 Å². The zero-order valence-electron chi connectivity index (χ0n) is 14.1. The first-order chi connectivity index (χ1) is 11.7. The molecule has 4 heteroatoms. The highest BCUT2D eigenvalue weighted by atomic mass is 19.1. The number of hydrogen-bond acceptors (Lipinski definition) is 2. The molecule has 0 bridgehead atoms. The van der Waals surface area contributed by atoms with E-state index in [1.54, 1.807) is 12.1 Å². The highest BCUT2D eigenvalue weighted by Gasteiger charge is 2.02. The zero-order chi connectivity index (χ0) is 17.2. The normalized spacial score (nSPS) is 10.4. The second kappa shape index (κ2) is 9.71. The number of anilines is 2. The lowest BCUT2D eigenvalue weighted by Gasteiger charge is -2.09. The summed E-state index contributed by atoms with van der Waals surface area (Å²) in [4.78, 5) is 11.8. The molecule has 24 heavy (non-hydrogen) atoms. The Kier molecular flexibility index (Phi) is 7.27. The molecular weight excluding hydrogens is 303 g/mol. The highest BCUT2D eigenvalue weighted by Crippen LogP contribution is 2.15. The molecule has 1 amide bonds. The molecule has 0 atom stereocenters. The largest absolute Gasteiger partial charge is 0.381 e. The first-order valence-electron chi connectivity index (χ1n) is 8.55. The summed E-state index contributed by atoms with van der Waals surface area (Å²) in [6.07, 6.45) is 4.98. The number of carbonyl (C=O) groups is 1. The molecule has 0 saturated carbocycles. The maximum Gasteiger partial charge on any atom is 0.224 e. The molecule has 0 aliphatic heterocycles. The van der Waals surface area contributed by atoms with E-state index in [-0.39, 0.29) is 11.7 Å². The van der Waals surface area contributed by atoms with Crippen LogP contribution in [0.4, 0.5) is 15.8 Å². The van der Waals surface area contributed by atoms with Crippen molar-refractivity contribution in [2.24, 2.45) is 0 Å². The van der Waals surface area contributed by atoms with Crippen LogP contribution in [-0.2, 0) is 11.3 Å². The van der Waals surface area contributed by atoms with E-state index >= 15 is 0 Å². The lowest BCUT2D eigenvalue weighted by Crippen LogP contribution is -2.11. The van der Waals surface area contributed by atoms with Crippen LogP contribution in [0.1, 0.15) is 44.6 Å². The van der Waals surface area contributed by atoms with Crippen LogP contribution in [-0.4, -0.2) is 5.91 Å². The number of benzene rings is 2. The van der Waals surface area contributed by atoms with Crippen LogP contribution in [0.3, 0.4) is 0 Å². The van der Waals surface area contributed by atoms with Gasteiger partial charge in [-0.2, -0.15) is 0 Å².